The molecule has 12 nitrogen and oxygen atoms in total. The molecule has 0 saturated heterocycles. The van der Waals surface area contributed by atoms with Crippen LogP contribution >= 0.6 is 0 Å². The van der Waals surface area contributed by atoms with E-state index in [1.165, 1.54) is 17.1 Å². The topological polar surface area (TPSA) is 140 Å². The Morgan fingerprint density at radius 1 is 0.821 bits per heavy atom. The largest absolute Gasteiger partial charge is 0.396 e. The van der Waals surface area contributed by atoms with Crippen molar-refractivity contribution in [3.63, 3.8) is 0 Å². The normalized spacial score (nSPS) is 10.4. The van der Waals surface area contributed by atoms with E-state index in [9.17, 15) is 10.1 Å². The average Bonchev–Trinajstić information content (AvgIpc) is 3.47. The number of nitro groups is 1. The van der Waals surface area contributed by atoms with E-state index in [1.54, 1.807) is 28.0 Å². The summed E-state index contributed by atoms with van der Waals surface area (Å²) in [6.07, 6.45) is 13.3. The van der Waals surface area contributed by atoms with Gasteiger partial charge in [0.05, 0.1) is 43.0 Å². The highest BCUT2D eigenvalue weighted by molar-refractivity contribution is 5.30. The van der Waals surface area contributed by atoms with Crippen LogP contribution in [0.2, 0.25) is 0 Å². The molecule has 12 heteroatoms. The Morgan fingerprint density at radius 3 is 1.79 bits per heavy atom. The number of hydrogen-bond acceptors (Lipinski definition) is 7. The lowest BCUT2D eigenvalue weighted by molar-refractivity contribution is -0.385. The summed E-state index contributed by atoms with van der Waals surface area (Å²) in [5.74, 6) is 0. The third-order valence-corrected chi connectivity index (χ3v) is 3.72. The lowest BCUT2D eigenvalue weighted by atomic mass is 10.6. The van der Waals surface area contributed by atoms with Crippen molar-refractivity contribution in [2.24, 2.45) is 0 Å². The van der Waals surface area contributed by atoms with Gasteiger partial charge in [-0.1, -0.05) is 0 Å². The molecule has 0 spiro atoms. The van der Waals surface area contributed by atoms with Crippen LogP contribution in [0.3, 0.4) is 0 Å². The van der Waals surface area contributed by atoms with E-state index in [4.69, 9.17) is 5.73 Å². The van der Waals surface area contributed by atoms with Gasteiger partial charge in [0.2, 0.25) is 0 Å². The minimum Gasteiger partial charge on any atom is -0.396 e. The molecule has 0 radical (unpaired) electrons. The molecule has 4 heterocycles. The molecule has 0 saturated carbocycles. The van der Waals surface area contributed by atoms with Crippen molar-refractivity contribution in [1.82, 2.24) is 39.1 Å². The van der Waals surface area contributed by atoms with Gasteiger partial charge in [-0.15, -0.1) is 0 Å². The van der Waals surface area contributed by atoms with Gasteiger partial charge in [-0.2, -0.15) is 20.4 Å². The molecule has 0 aliphatic carbocycles. The average molecular weight is 384 g/mol. The Balaban J connectivity index is 0.000000162. The van der Waals surface area contributed by atoms with Crippen molar-refractivity contribution in [2.75, 3.05) is 5.73 Å². The Morgan fingerprint density at radius 2 is 1.36 bits per heavy atom. The number of anilines is 1. The van der Waals surface area contributed by atoms with Gasteiger partial charge in [0.15, 0.2) is 0 Å². The van der Waals surface area contributed by atoms with Crippen molar-refractivity contribution in [2.45, 2.75) is 26.2 Å². The van der Waals surface area contributed by atoms with E-state index in [-0.39, 0.29) is 5.69 Å². The lowest BCUT2D eigenvalue weighted by Gasteiger charge is -2.00. The molecule has 0 unspecified atom stereocenters. The van der Waals surface area contributed by atoms with Gasteiger partial charge in [-0.05, 0) is 12.1 Å². The fourth-order valence-electron chi connectivity index (χ4n) is 2.35. The van der Waals surface area contributed by atoms with Crippen molar-refractivity contribution < 1.29 is 4.92 Å². The third-order valence-electron chi connectivity index (χ3n) is 3.72. The summed E-state index contributed by atoms with van der Waals surface area (Å²) < 4.78 is 6.93. The van der Waals surface area contributed by atoms with Gasteiger partial charge in [-0.25, -0.2) is 0 Å². The molecule has 0 fully saturated rings. The molecule has 0 atom stereocenters. The zero-order chi connectivity index (χ0) is 19.8. The summed E-state index contributed by atoms with van der Waals surface area (Å²) in [6.45, 7) is 2.81. The maximum Gasteiger partial charge on any atom is 0.306 e. The number of nitrogens with zero attached hydrogens (tertiary/aromatic N) is 9. The van der Waals surface area contributed by atoms with Gasteiger partial charge in [0, 0.05) is 31.0 Å². The second-order valence-corrected chi connectivity index (χ2v) is 5.79. The first-order valence-electron chi connectivity index (χ1n) is 8.50. The fraction of sp³-hybridized carbons (Fsp3) is 0.250. The number of nitrogen functional groups attached to an aromatic ring is 1. The first kappa shape index (κ1) is 18.8. The zero-order valence-electron chi connectivity index (χ0n) is 15.0. The van der Waals surface area contributed by atoms with Gasteiger partial charge >= 0.3 is 5.69 Å². The van der Waals surface area contributed by atoms with Crippen LogP contribution in [0.15, 0.2) is 61.7 Å². The van der Waals surface area contributed by atoms with E-state index in [0.717, 1.165) is 13.1 Å². The molecule has 0 amide bonds. The summed E-state index contributed by atoms with van der Waals surface area (Å²) >= 11 is 0. The molecule has 4 aromatic heterocycles. The molecular formula is C16H20N10O2. The van der Waals surface area contributed by atoms with Crippen LogP contribution in [-0.4, -0.2) is 44.0 Å². The van der Waals surface area contributed by atoms with Crippen molar-refractivity contribution in [3.8, 4) is 0 Å². The van der Waals surface area contributed by atoms with Crippen molar-refractivity contribution in [3.05, 3.63) is 71.8 Å². The molecule has 0 aromatic carbocycles. The molecule has 0 bridgehead atoms. The van der Waals surface area contributed by atoms with Gasteiger partial charge in [0.1, 0.15) is 12.4 Å². The van der Waals surface area contributed by atoms with Gasteiger partial charge in [0.25, 0.3) is 0 Å². The molecular weight excluding hydrogens is 364 g/mol. The maximum absolute atomic E-state index is 10.4. The second kappa shape index (κ2) is 9.12. The van der Waals surface area contributed by atoms with Gasteiger partial charge in [-0.3, -0.25) is 28.8 Å². The highest BCUT2D eigenvalue weighted by Gasteiger charge is 2.08. The van der Waals surface area contributed by atoms with E-state index >= 15 is 0 Å². The van der Waals surface area contributed by atoms with E-state index in [1.807, 2.05) is 35.4 Å². The van der Waals surface area contributed by atoms with Crippen molar-refractivity contribution in [1.29, 1.82) is 0 Å². The van der Waals surface area contributed by atoms with Crippen LogP contribution in [0.1, 0.15) is 0 Å². The van der Waals surface area contributed by atoms with Crippen molar-refractivity contribution >= 4 is 11.4 Å². The standard InChI is InChI=1S/C8H9N5O2.C8H11N5/c14-13(15)8-6-10-12(7-8)5-4-11-3-1-2-9-11;9-8-6-11-13(7-8)5-4-12-3-1-2-10-12/h1-3,6-7H,4-5H2;1-3,6-7H,4-5,9H2. The Bertz CT molecular complexity index is 971. The monoisotopic (exact) mass is 384 g/mol. The van der Waals surface area contributed by atoms with Crippen LogP contribution in [0.4, 0.5) is 11.4 Å². The SMILES string of the molecule is Nc1cnn(CCn2cccn2)c1.O=[N+]([O-])c1cnn(CCn2cccn2)c1. The quantitative estimate of drug-likeness (QED) is 0.371. The van der Waals surface area contributed by atoms with Crippen LogP contribution in [0.25, 0.3) is 0 Å². The fourth-order valence-corrected chi connectivity index (χ4v) is 2.35. The first-order chi connectivity index (χ1) is 13.6. The molecule has 2 N–H and O–H groups in total. The zero-order valence-corrected chi connectivity index (χ0v) is 15.0. The predicted octanol–water partition coefficient (Wildman–Crippen LogP) is 1.05. The predicted molar refractivity (Wildman–Crippen MR) is 100.0 cm³/mol. The van der Waals surface area contributed by atoms with Crippen LogP contribution in [0, 0.1) is 10.1 Å². The third kappa shape index (κ3) is 5.52. The number of hydrogen-bond donors (Lipinski definition) is 1. The minimum atomic E-state index is -0.461. The summed E-state index contributed by atoms with van der Waals surface area (Å²) in [5.41, 5.74) is 6.23. The number of aryl methyl sites for hydroxylation is 4. The van der Waals surface area contributed by atoms with Crippen LogP contribution in [0.5, 0.6) is 0 Å². The first-order valence-corrected chi connectivity index (χ1v) is 8.50. The van der Waals surface area contributed by atoms with Gasteiger partial charge < -0.3 is 5.73 Å². The number of nitrogens with two attached hydrogens (primary N) is 1. The Hall–Kier alpha value is -3.96. The molecule has 0 aliphatic rings. The van der Waals surface area contributed by atoms with Crippen LogP contribution in [-0.2, 0) is 26.2 Å². The summed E-state index contributed by atoms with van der Waals surface area (Å²) in [7, 11) is 0. The molecule has 4 rings (SSSR count). The smallest absolute Gasteiger partial charge is 0.306 e. The summed E-state index contributed by atoms with van der Waals surface area (Å²) in [6, 6.07) is 3.73. The Kier molecular flexibility index (Phi) is 6.13. The minimum absolute atomic E-state index is 0.00969. The highest BCUT2D eigenvalue weighted by Crippen LogP contribution is 2.07. The molecule has 28 heavy (non-hydrogen) atoms. The van der Waals surface area contributed by atoms with E-state index in [0.29, 0.717) is 18.8 Å². The van der Waals surface area contributed by atoms with E-state index < -0.39 is 4.92 Å². The summed E-state index contributed by atoms with van der Waals surface area (Å²) in [4.78, 5) is 9.92. The summed E-state index contributed by atoms with van der Waals surface area (Å²) in [5, 5.41) is 26.4. The molecule has 0 aliphatic heterocycles. The lowest BCUT2D eigenvalue weighted by Crippen LogP contribution is -2.07. The maximum atomic E-state index is 10.4. The number of aromatic nitrogens is 8. The molecule has 4 aromatic rings. The highest BCUT2D eigenvalue weighted by atomic mass is 16.6. The van der Waals surface area contributed by atoms with Crippen LogP contribution < -0.4 is 5.73 Å². The Labute approximate surface area is 159 Å². The van der Waals surface area contributed by atoms with E-state index in [2.05, 4.69) is 20.4 Å². The molecule has 146 valence electrons. The second-order valence-electron chi connectivity index (χ2n) is 5.79. The number of rotatable bonds is 7.